The molecule has 0 spiro atoms. The molecule has 0 unspecified atom stereocenters. The highest BCUT2D eigenvalue weighted by Crippen LogP contribution is 2.34. The zero-order valence-corrected chi connectivity index (χ0v) is 17.3. The van der Waals surface area contributed by atoms with Crippen molar-refractivity contribution < 1.29 is 0 Å². The number of pyridine rings is 2. The molecule has 0 radical (unpaired) electrons. The van der Waals surface area contributed by atoms with E-state index in [2.05, 4.69) is 72.0 Å². The third kappa shape index (κ3) is 3.44. The normalized spacial score (nSPS) is 11.6. The number of aromatic nitrogens is 3. The summed E-state index contributed by atoms with van der Waals surface area (Å²) >= 11 is 0. The second kappa shape index (κ2) is 7.59. The van der Waals surface area contributed by atoms with Crippen LogP contribution in [0.4, 0.5) is 11.4 Å². The zero-order chi connectivity index (χ0) is 20.5. The van der Waals surface area contributed by atoms with Gasteiger partial charge < -0.3 is 10.6 Å². The summed E-state index contributed by atoms with van der Waals surface area (Å²) in [7, 11) is 0. The molecular formula is C23H26N6. The number of imidazole rings is 1. The van der Waals surface area contributed by atoms with Crippen LogP contribution in [0.2, 0.25) is 0 Å². The van der Waals surface area contributed by atoms with Crippen LogP contribution in [0.5, 0.6) is 0 Å². The van der Waals surface area contributed by atoms with E-state index in [1.165, 1.54) is 0 Å². The van der Waals surface area contributed by atoms with Gasteiger partial charge in [-0.15, -0.1) is 0 Å². The first-order valence-corrected chi connectivity index (χ1v) is 10.1. The number of hydrogen-bond donors (Lipinski definition) is 2. The predicted octanol–water partition coefficient (Wildman–Crippen LogP) is 5.04. The highest BCUT2D eigenvalue weighted by atomic mass is 15.1. The zero-order valence-electron chi connectivity index (χ0n) is 17.3. The lowest BCUT2D eigenvalue weighted by molar-refractivity contribution is 0.689. The fraction of sp³-hybridized carbons (Fsp3) is 0.348. The van der Waals surface area contributed by atoms with Crippen LogP contribution >= 0.6 is 0 Å². The SMILES string of the molecule is CC(C)CNc1ccc2c(NCC(C)C)c(C#N)c3nc4ncccc4n3c2c1. The first kappa shape index (κ1) is 19.0. The van der Waals surface area contributed by atoms with Gasteiger partial charge in [0.15, 0.2) is 11.3 Å². The topological polar surface area (TPSA) is 78.0 Å². The van der Waals surface area contributed by atoms with E-state index in [9.17, 15) is 5.26 Å². The molecule has 1 aromatic carbocycles. The molecule has 2 N–H and O–H groups in total. The minimum atomic E-state index is 0.459. The quantitative estimate of drug-likeness (QED) is 0.485. The Balaban J connectivity index is 2.05. The van der Waals surface area contributed by atoms with Crippen LogP contribution in [0.15, 0.2) is 36.5 Å². The maximum absolute atomic E-state index is 9.99. The maximum atomic E-state index is 9.99. The van der Waals surface area contributed by atoms with Crippen LogP contribution in [0.1, 0.15) is 33.3 Å². The van der Waals surface area contributed by atoms with E-state index in [0.29, 0.717) is 28.7 Å². The van der Waals surface area contributed by atoms with Crippen LogP contribution in [0.3, 0.4) is 0 Å². The highest BCUT2D eigenvalue weighted by Gasteiger charge is 2.19. The number of nitrogens with one attached hydrogen (secondary N) is 2. The Labute approximate surface area is 170 Å². The summed E-state index contributed by atoms with van der Waals surface area (Å²) in [4.78, 5) is 9.11. The molecule has 6 heteroatoms. The van der Waals surface area contributed by atoms with Crippen molar-refractivity contribution in [1.82, 2.24) is 14.4 Å². The molecule has 29 heavy (non-hydrogen) atoms. The minimum absolute atomic E-state index is 0.459. The molecule has 3 aromatic heterocycles. The number of nitriles is 1. The molecule has 0 saturated heterocycles. The van der Waals surface area contributed by atoms with Crippen molar-refractivity contribution in [3.05, 3.63) is 42.1 Å². The standard InChI is InChI=1S/C23H26N6/c1-14(2)12-26-16-7-8-17-20(10-16)29-19-6-5-9-25-22(19)28-23(29)18(11-24)21(17)27-13-15(3)4/h5-10,14-15,26-27H,12-13H2,1-4H3. The predicted molar refractivity (Wildman–Crippen MR) is 119 cm³/mol. The fourth-order valence-corrected chi connectivity index (χ4v) is 3.53. The molecule has 0 fully saturated rings. The van der Waals surface area contributed by atoms with Gasteiger partial charge in [-0.1, -0.05) is 27.7 Å². The van der Waals surface area contributed by atoms with E-state index < -0.39 is 0 Å². The van der Waals surface area contributed by atoms with Gasteiger partial charge in [-0.2, -0.15) is 5.26 Å². The summed E-state index contributed by atoms with van der Waals surface area (Å²) in [6, 6.07) is 12.6. The van der Waals surface area contributed by atoms with Crippen molar-refractivity contribution in [1.29, 1.82) is 5.26 Å². The van der Waals surface area contributed by atoms with Crippen LogP contribution in [-0.2, 0) is 0 Å². The number of fused-ring (bicyclic) bond motifs is 5. The first-order chi connectivity index (χ1) is 14.0. The summed E-state index contributed by atoms with van der Waals surface area (Å²) in [5, 5.41) is 18.0. The Hall–Kier alpha value is -3.33. The van der Waals surface area contributed by atoms with Gasteiger partial charge in [0.1, 0.15) is 11.6 Å². The minimum Gasteiger partial charge on any atom is -0.385 e. The molecule has 0 saturated carbocycles. The van der Waals surface area contributed by atoms with Gasteiger partial charge in [0.05, 0.1) is 16.7 Å². The van der Waals surface area contributed by atoms with Crippen molar-refractivity contribution in [2.24, 2.45) is 11.8 Å². The van der Waals surface area contributed by atoms with Crippen LogP contribution < -0.4 is 10.6 Å². The average Bonchev–Trinajstić information content (AvgIpc) is 3.09. The van der Waals surface area contributed by atoms with Crippen molar-refractivity contribution in [2.45, 2.75) is 27.7 Å². The Kier molecular flexibility index (Phi) is 4.98. The average molecular weight is 387 g/mol. The van der Waals surface area contributed by atoms with Crippen LogP contribution in [-0.4, -0.2) is 27.5 Å². The van der Waals surface area contributed by atoms with Crippen LogP contribution in [0.25, 0.3) is 27.7 Å². The third-order valence-electron chi connectivity index (χ3n) is 4.93. The molecular weight excluding hydrogens is 360 g/mol. The Bertz CT molecular complexity index is 1230. The summed E-state index contributed by atoms with van der Waals surface area (Å²) in [5.74, 6) is 1.01. The van der Waals surface area contributed by atoms with Crippen molar-refractivity contribution >= 4 is 39.1 Å². The number of nitrogens with zero attached hydrogens (tertiary/aromatic N) is 4. The van der Waals surface area contributed by atoms with Crippen molar-refractivity contribution in [2.75, 3.05) is 23.7 Å². The molecule has 6 nitrogen and oxygen atoms in total. The van der Waals surface area contributed by atoms with E-state index in [-0.39, 0.29) is 0 Å². The summed E-state index contributed by atoms with van der Waals surface area (Å²) in [6.45, 7) is 10.4. The third-order valence-corrected chi connectivity index (χ3v) is 4.93. The van der Waals surface area contributed by atoms with Gasteiger partial charge in [0, 0.05) is 30.4 Å². The van der Waals surface area contributed by atoms with Crippen LogP contribution in [0, 0.1) is 23.2 Å². The molecule has 0 atom stereocenters. The first-order valence-electron chi connectivity index (χ1n) is 10.1. The van der Waals surface area contributed by atoms with Gasteiger partial charge in [-0.25, -0.2) is 9.97 Å². The van der Waals surface area contributed by atoms with Gasteiger partial charge in [-0.3, -0.25) is 4.40 Å². The molecule has 0 amide bonds. The summed E-state index contributed by atoms with van der Waals surface area (Å²) < 4.78 is 2.05. The molecule has 0 bridgehead atoms. The van der Waals surface area contributed by atoms with Crippen molar-refractivity contribution in [3.8, 4) is 6.07 Å². The molecule has 0 aliphatic rings. The van der Waals surface area contributed by atoms with E-state index in [0.717, 1.165) is 40.9 Å². The highest BCUT2D eigenvalue weighted by molar-refractivity contribution is 6.02. The number of anilines is 2. The lowest BCUT2D eigenvalue weighted by atomic mass is 10.1. The number of rotatable bonds is 6. The van der Waals surface area contributed by atoms with Gasteiger partial charge in [0.25, 0.3) is 0 Å². The summed E-state index contributed by atoms with van der Waals surface area (Å²) in [5.41, 5.74) is 5.65. The Morgan fingerprint density at radius 3 is 2.52 bits per heavy atom. The Morgan fingerprint density at radius 1 is 1.03 bits per heavy atom. The molecule has 4 rings (SSSR count). The number of hydrogen-bond acceptors (Lipinski definition) is 5. The Morgan fingerprint density at radius 2 is 1.79 bits per heavy atom. The lowest BCUT2D eigenvalue weighted by Crippen LogP contribution is -2.11. The van der Waals surface area contributed by atoms with Crippen molar-refractivity contribution in [3.63, 3.8) is 0 Å². The smallest absolute Gasteiger partial charge is 0.178 e. The molecule has 0 aliphatic carbocycles. The van der Waals surface area contributed by atoms with E-state index in [1.807, 2.05) is 12.1 Å². The molecule has 3 heterocycles. The summed E-state index contributed by atoms with van der Waals surface area (Å²) in [6.07, 6.45) is 1.73. The molecule has 0 aliphatic heterocycles. The van der Waals surface area contributed by atoms with Gasteiger partial charge >= 0.3 is 0 Å². The second-order valence-electron chi connectivity index (χ2n) is 8.26. The lowest BCUT2D eigenvalue weighted by Gasteiger charge is -2.17. The van der Waals surface area contributed by atoms with E-state index in [1.54, 1.807) is 6.20 Å². The number of benzene rings is 1. The molecule has 4 aromatic rings. The fourth-order valence-electron chi connectivity index (χ4n) is 3.53. The second-order valence-corrected chi connectivity index (χ2v) is 8.26. The largest absolute Gasteiger partial charge is 0.385 e. The van der Waals surface area contributed by atoms with E-state index >= 15 is 0 Å². The molecule has 148 valence electrons. The monoisotopic (exact) mass is 386 g/mol. The van der Waals surface area contributed by atoms with Gasteiger partial charge in [0.2, 0.25) is 0 Å². The maximum Gasteiger partial charge on any atom is 0.178 e. The van der Waals surface area contributed by atoms with E-state index in [4.69, 9.17) is 4.98 Å². The van der Waals surface area contributed by atoms with Gasteiger partial charge in [-0.05, 0) is 42.2 Å².